The first-order chi connectivity index (χ1) is 8.72. The molecule has 0 aromatic carbocycles. The first-order valence-corrected chi connectivity index (χ1v) is 7.03. The van der Waals surface area contributed by atoms with Crippen LogP contribution >= 0.6 is 11.8 Å². The van der Waals surface area contributed by atoms with Crippen molar-refractivity contribution in [2.75, 3.05) is 18.6 Å². The van der Waals surface area contributed by atoms with Gasteiger partial charge in [-0.2, -0.15) is 11.8 Å². The topological polar surface area (TPSA) is 93.8 Å². The lowest BCUT2D eigenvalue weighted by atomic mass is 10.3. The van der Waals surface area contributed by atoms with Crippen molar-refractivity contribution in [2.24, 2.45) is 0 Å². The fraction of sp³-hybridized carbons (Fsp3) is 0.455. The molecular formula is C11H16N4O2S. The summed E-state index contributed by atoms with van der Waals surface area (Å²) in [7, 11) is 0. The van der Waals surface area contributed by atoms with Crippen molar-refractivity contribution in [3.63, 3.8) is 0 Å². The molecule has 98 valence electrons. The van der Waals surface area contributed by atoms with E-state index in [0.29, 0.717) is 29.9 Å². The minimum atomic E-state index is -0.360. The minimum Gasteiger partial charge on any atom is -0.391 e. The van der Waals surface area contributed by atoms with E-state index in [1.165, 1.54) is 6.33 Å². The monoisotopic (exact) mass is 268 g/mol. The van der Waals surface area contributed by atoms with Gasteiger partial charge in [-0.3, -0.25) is 4.79 Å². The molecule has 0 radical (unpaired) electrons. The third-order valence-corrected chi connectivity index (χ3v) is 3.32. The van der Waals surface area contributed by atoms with Crippen molar-refractivity contribution >= 4 is 22.8 Å². The average molecular weight is 268 g/mol. The van der Waals surface area contributed by atoms with Gasteiger partial charge in [0.1, 0.15) is 5.52 Å². The van der Waals surface area contributed by atoms with E-state index in [1.54, 1.807) is 18.0 Å². The van der Waals surface area contributed by atoms with Gasteiger partial charge in [0.25, 0.3) is 5.56 Å². The molecule has 0 fully saturated rings. The second-order valence-corrected chi connectivity index (χ2v) is 4.92. The van der Waals surface area contributed by atoms with E-state index in [2.05, 4.69) is 20.3 Å². The van der Waals surface area contributed by atoms with Gasteiger partial charge in [0.2, 0.25) is 0 Å². The molecule has 2 heterocycles. The Kier molecular flexibility index (Phi) is 4.40. The molecule has 2 aromatic heterocycles. The maximum atomic E-state index is 11.5. The quantitative estimate of drug-likeness (QED) is 0.594. The van der Waals surface area contributed by atoms with Crippen LogP contribution in [0.2, 0.25) is 0 Å². The Morgan fingerprint density at radius 3 is 3.17 bits per heavy atom. The predicted octanol–water partition coefficient (Wildman–Crippen LogP) is 0.0647. The molecule has 7 heteroatoms. The highest BCUT2D eigenvalue weighted by atomic mass is 32.2. The number of fused-ring (bicyclic) bond motifs is 1. The summed E-state index contributed by atoms with van der Waals surface area (Å²) in [6, 6.07) is 0. The molecule has 0 spiro atoms. The van der Waals surface area contributed by atoms with Crippen molar-refractivity contribution in [1.82, 2.24) is 20.3 Å². The Labute approximate surface area is 108 Å². The average Bonchev–Trinajstić information content (AvgIpc) is 2.75. The molecular weight excluding hydrogens is 252 g/mol. The van der Waals surface area contributed by atoms with Gasteiger partial charge >= 0.3 is 0 Å². The standard InChI is InChI=1S/C11H16N4O2S/c1-18-5-8(16)4-12-2-7-3-13-10-9(7)14-6-15-11(10)17/h3,6,8,12-13,16H,2,4-5H2,1H3,(H,14,15,17)/t8-/m1/s1. The highest BCUT2D eigenvalue weighted by Gasteiger charge is 2.08. The Hall–Kier alpha value is -1.31. The van der Waals surface area contributed by atoms with E-state index >= 15 is 0 Å². The molecule has 0 aliphatic heterocycles. The van der Waals surface area contributed by atoms with Crippen molar-refractivity contribution in [3.05, 3.63) is 28.4 Å². The number of hydrogen-bond donors (Lipinski definition) is 4. The zero-order valence-corrected chi connectivity index (χ0v) is 10.9. The molecule has 0 aliphatic rings. The molecule has 0 amide bonds. The van der Waals surface area contributed by atoms with E-state index in [0.717, 1.165) is 5.56 Å². The lowest BCUT2D eigenvalue weighted by molar-refractivity contribution is 0.195. The number of nitrogens with zero attached hydrogens (tertiary/aromatic N) is 1. The number of rotatable bonds is 6. The fourth-order valence-corrected chi connectivity index (χ4v) is 2.27. The zero-order valence-electron chi connectivity index (χ0n) is 10.1. The first-order valence-electron chi connectivity index (χ1n) is 5.63. The summed E-state index contributed by atoms with van der Waals surface area (Å²) in [4.78, 5) is 21.0. The molecule has 0 saturated carbocycles. The SMILES string of the molecule is CSC[C@H](O)CNCc1c[nH]c2c(=O)[nH]cnc12. The minimum absolute atomic E-state index is 0.173. The highest BCUT2D eigenvalue weighted by Crippen LogP contribution is 2.10. The lowest BCUT2D eigenvalue weighted by Crippen LogP contribution is -2.28. The number of H-pyrrole nitrogens is 2. The Morgan fingerprint density at radius 1 is 1.56 bits per heavy atom. The lowest BCUT2D eigenvalue weighted by Gasteiger charge is -2.09. The molecule has 0 bridgehead atoms. The molecule has 0 unspecified atom stereocenters. The van der Waals surface area contributed by atoms with Crippen LogP contribution in [0.5, 0.6) is 0 Å². The van der Waals surface area contributed by atoms with Crippen molar-refractivity contribution < 1.29 is 5.11 Å². The van der Waals surface area contributed by atoms with Crippen LogP contribution in [0.15, 0.2) is 17.3 Å². The van der Waals surface area contributed by atoms with Crippen LogP contribution in [0.25, 0.3) is 11.0 Å². The van der Waals surface area contributed by atoms with E-state index < -0.39 is 0 Å². The third-order valence-electron chi connectivity index (χ3n) is 2.60. The van der Waals surface area contributed by atoms with Gasteiger partial charge in [-0.05, 0) is 6.26 Å². The largest absolute Gasteiger partial charge is 0.391 e. The number of nitrogens with one attached hydrogen (secondary N) is 3. The molecule has 2 rings (SSSR count). The van der Waals surface area contributed by atoms with Gasteiger partial charge in [-0.15, -0.1) is 0 Å². The molecule has 18 heavy (non-hydrogen) atoms. The number of aliphatic hydroxyl groups excluding tert-OH is 1. The molecule has 1 atom stereocenters. The first kappa shape index (κ1) is 13.1. The highest BCUT2D eigenvalue weighted by molar-refractivity contribution is 7.98. The van der Waals surface area contributed by atoms with Gasteiger partial charge < -0.3 is 20.4 Å². The summed E-state index contributed by atoms with van der Waals surface area (Å²) >= 11 is 1.61. The van der Waals surface area contributed by atoms with Gasteiger partial charge in [-0.25, -0.2) is 4.98 Å². The normalized spacial score (nSPS) is 13.0. The maximum Gasteiger partial charge on any atom is 0.275 e. The van der Waals surface area contributed by atoms with E-state index in [4.69, 9.17) is 0 Å². The molecule has 0 saturated heterocycles. The van der Waals surface area contributed by atoms with Crippen LogP contribution in [-0.2, 0) is 6.54 Å². The summed E-state index contributed by atoms with van der Waals surface area (Å²) < 4.78 is 0. The summed E-state index contributed by atoms with van der Waals surface area (Å²) in [5.74, 6) is 0.707. The predicted molar refractivity (Wildman–Crippen MR) is 72.8 cm³/mol. The van der Waals surface area contributed by atoms with Crippen LogP contribution in [0.4, 0.5) is 0 Å². The van der Waals surface area contributed by atoms with Crippen LogP contribution in [0.1, 0.15) is 5.56 Å². The van der Waals surface area contributed by atoms with Crippen LogP contribution < -0.4 is 10.9 Å². The van der Waals surface area contributed by atoms with Crippen LogP contribution in [0.3, 0.4) is 0 Å². The Balaban J connectivity index is 2.00. The molecule has 0 aliphatic carbocycles. The number of hydrogen-bond acceptors (Lipinski definition) is 5. The van der Waals surface area contributed by atoms with Gasteiger partial charge in [-0.1, -0.05) is 0 Å². The summed E-state index contributed by atoms with van der Waals surface area (Å²) in [6.07, 6.45) is 4.76. The number of aliphatic hydroxyl groups is 1. The second kappa shape index (κ2) is 6.03. The smallest absolute Gasteiger partial charge is 0.275 e. The summed E-state index contributed by atoms with van der Waals surface area (Å²) in [5, 5.41) is 12.7. The number of thioether (sulfide) groups is 1. The maximum absolute atomic E-state index is 11.5. The second-order valence-electron chi connectivity index (χ2n) is 4.01. The van der Waals surface area contributed by atoms with Crippen LogP contribution in [0, 0.1) is 0 Å². The molecule has 6 nitrogen and oxygen atoms in total. The van der Waals surface area contributed by atoms with Crippen molar-refractivity contribution in [3.8, 4) is 0 Å². The van der Waals surface area contributed by atoms with Crippen molar-refractivity contribution in [2.45, 2.75) is 12.6 Å². The van der Waals surface area contributed by atoms with E-state index in [-0.39, 0.29) is 11.7 Å². The Bertz CT molecular complexity index is 565. The fourth-order valence-electron chi connectivity index (χ4n) is 1.76. The number of aromatic amines is 2. The van der Waals surface area contributed by atoms with E-state index in [9.17, 15) is 9.90 Å². The van der Waals surface area contributed by atoms with Crippen LogP contribution in [-0.4, -0.2) is 44.7 Å². The third kappa shape index (κ3) is 2.92. The summed E-state index contributed by atoms with van der Waals surface area (Å²) in [5.41, 5.74) is 1.91. The number of aromatic nitrogens is 3. The molecule has 2 aromatic rings. The van der Waals surface area contributed by atoms with E-state index in [1.807, 2.05) is 6.26 Å². The molecule has 4 N–H and O–H groups in total. The summed E-state index contributed by atoms with van der Waals surface area (Å²) in [6.45, 7) is 1.10. The van der Waals surface area contributed by atoms with Gasteiger partial charge in [0.05, 0.1) is 17.9 Å². The van der Waals surface area contributed by atoms with Gasteiger partial charge in [0.15, 0.2) is 0 Å². The zero-order chi connectivity index (χ0) is 13.0. The van der Waals surface area contributed by atoms with Gasteiger partial charge in [0, 0.05) is 30.6 Å². The van der Waals surface area contributed by atoms with Crippen molar-refractivity contribution in [1.29, 1.82) is 0 Å². The Morgan fingerprint density at radius 2 is 2.39 bits per heavy atom.